The Labute approximate surface area is 118 Å². The fraction of sp³-hybridized carbons (Fsp3) is 0.375. The van der Waals surface area contributed by atoms with Crippen LogP contribution in [0.5, 0.6) is 0 Å². The van der Waals surface area contributed by atoms with Gasteiger partial charge in [0.25, 0.3) is 0 Å². The van der Waals surface area contributed by atoms with Crippen LogP contribution in [0, 0.1) is 5.82 Å². The number of hydrogen-bond acceptors (Lipinski definition) is 3. The monoisotopic (exact) mass is 271 g/mol. The second kappa shape index (κ2) is 5.67. The minimum Gasteiger partial charge on any atom is -0.308 e. The van der Waals surface area contributed by atoms with Crippen molar-refractivity contribution >= 4 is 0 Å². The lowest BCUT2D eigenvalue weighted by molar-refractivity contribution is 0.418. The van der Waals surface area contributed by atoms with Gasteiger partial charge in [-0.25, -0.2) is 4.39 Å². The van der Waals surface area contributed by atoms with Crippen LogP contribution in [0.2, 0.25) is 0 Å². The minimum absolute atomic E-state index is 0.114. The van der Waals surface area contributed by atoms with Crippen LogP contribution >= 0.6 is 0 Å². The number of nitrogens with one attached hydrogen (secondary N) is 1. The summed E-state index contributed by atoms with van der Waals surface area (Å²) in [6.45, 7) is 2.81. The smallest absolute Gasteiger partial charge is 0.146 e. The van der Waals surface area contributed by atoms with Crippen LogP contribution in [0.25, 0.3) is 0 Å². The molecule has 104 valence electrons. The van der Waals surface area contributed by atoms with Gasteiger partial charge in [-0.2, -0.15) is 0 Å². The Kier molecular flexibility index (Phi) is 3.74. The molecular formula is C16H18FN3. The van der Waals surface area contributed by atoms with Crippen molar-refractivity contribution in [1.29, 1.82) is 0 Å². The maximum Gasteiger partial charge on any atom is 0.146 e. The summed E-state index contributed by atoms with van der Waals surface area (Å²) in [4.78, 5) is 8.76. The molecule has 0 saturated carbocycles. The molecular weight excluding hydrogens is 253 g/mol. The fourth-order valence-electron chi connectivity index (χ4n) is 3.04. The molecule has 0 aromatic carbocycles. The van der Waals surface area contributed by atoms with E-state index in [0.29, 0.717) is 5.69 Å². The number of aromatic nitrogens is 2. The Morgan fingerprint density at radius 1 is 1.30 bits per heavy atom. The van der Waals surface area contributed by atoms with Crippen molar-refractivity contribution in [2.75, 3.05) is 6.54 Å². The first kappa shape index (κ1) is 13.2. The Morgan fingerprint density at radius 3 is 2.90 bits per heavy atom. The number of pyridine rings is 2. The van der Waals surface area contributed by atoms with E-state index in [2.05, 4.69) is 21.4 Å². The number of nitrogens with zero attached hydrogens (tertiary/aromatic N) is 2. The van der Waals surface area contributed by atoms with Crippen LogP contribution in [-0.2, 0) is 6.42 Å². The lowest BCUT2D eigenvalue weighted by atomic mass is 9.93. The molecule has 2 unspecified atom stereocenters. The summed E-state index contributed by atoms with van der Waals surface area (Å²) in [6, 6.07) is 7.06. The first-order valence-corrected chi connectivity index (χ1v) is 7.09. The van der Waals surface area contributed by atoms with E-state index in [1.54, 1.807) is 12.3 Å². The standard InChI is InChI=1S/C16H18FN3/c1-2-18-15(16-13(17)6-4-10-20-16)12-8-7-11-5-3-9-19-14(11)12/h3-6,9-10,12,15,18H,2,7-8H2,1H3. The van der Waals surface area contributed by atoms with Crippen molar-refractivity contribution in [1.82, 2.24) is 15.3 Å². The lowest BCUT2D eigenvalue weighted by Crippen LogP contribution is -2.28. The van der Waals surface area contributed by atoms with Gasteiger partial charge in [0, 0.05) is 24.0 Å². The third kappa shape index (κ3) is 2.31. The average molecular weight is 271 g/mol. The highest BCUT2D eigenvalue weighted by Gasteiger charge is 2.33. The molecule has 0 spiro atoms. The number of rotatable bonds is 4. The lowest BCUT2D eigenvalue weighted by Gasteiger charge is -2.24. The molecule has 1 N–H and O–H groups in total. The van der Waals surface area contributed by atoms with E-state index >= 15 is 0 Å². The second-order valence-corrected chi connectivity index (χ2v) is 5.10. The van der Waals surface area contributed by atoms with Gasteiger partial charge in [0.05, 0.1) is 11.7 Å². The average Bonchev–Trinajstić information content (AvgIpc) is 2.90. The summed E-state index contributed by atoms with van der Waals surface area (Å²) in [7, 11) is 0. The molecule has 0 aliphatic heterocycles. The highest BCUT2D eigenvalue weighted by molar-refractivity contribution is 5.32. The highest BCUT2D eigenvalue weighted by Crippen LogP contribution is 2.40. The maximum absolute atomic E-state index is 14.1. The summed E-state index contributed by atoms with van der Waals surface area (Å²) in [6.07, 6.45) is 5.45. The van der Waals surface area contributed by atoms with Crippen molar-refractivity contribution in [2.45, 2.75) is 31.7 Å². The Balaban J connectivity index is 1.99. The van der Waals surface area contributed by atoms with Crippen LogP contribution in [-0.4, -0.2) is 16.5 Å². The quantitative estimate of drug-likeness (QED) is 0.929. The van der Waals surface area contributed by atoms with E-state index in [1.807, 2.05) is 19.2 Å². The third-order valence-corrected chi connectivity index (χ3v) is 3.91. The maximum atomic E-state index is 14.1. The topological polar surface area (TPSA) is 37.8 Å². The van der Waals surface area contributed by atoms with Gasteiger partial charge in [-0.15, -0.1) is 0 Å². The zero-order chi connectivity index (χ0) is 13.9. The van der Waals surface area contributed by atoms with E-state index < -0.39 is 0 Å². The molecule has 0 fully saturated rings. The van der Waals surface area contributed by atoms with Gasteiger partial charge in [-0.05, 0) is 43.1 Å². The van der Waals surface area contributed by atoms with E-state index in [4.69, 9.17) is 0 Å². The normalized spacial score (nSPS) is 18.8. The van der Waals surface area contributed by atoms with Gasteiger partial charge < -0.3 is 5.32 Å². The summed E-state index contributed by atoms with van der Waals surface area (Å²) < 4.78 is 14.1. The van der Waals surface area contributed by atoms with Crippen molar-refractivity contribution < 1.29 is 4.39 Å². The molecule has 3 rings (SSSR count). The molecule has 0 amide bonds. The first-order valence-electron chi connectivity index (χ1n) is 7.09. The molecule has 0 bridgehead atoms. The largest absolute Gasteiger partial charge is 0.308 e. The number of likely N-dealkylation sites (N-methyl/N-ethyl adjacent to an activating group) is 1. The highest BCUT2D eigenvalue weighted by atomic mass is 19.1. The molecule has 2 aromatic rings. The van der Waals surface area contributed by atoms with Crippen LogP contribution < -0.4 is 5.32 Å². The summed E-state index contributed by atoms with van der Waals surface area (Å²) in [5, 5.41) is 3.38. The van der Waals surface area contributed by atoms with Gasteiger partial charge in [0.2, 0.25) is 0 Å². The Hall–Kier alpha value is -1.81. The van der Waals surface area contributed by atoms with Gasteiger partial charge in [-0.3, -0.25) is 9.97 Å². The Bertz CT molecular complexity index is 600. The predicted octanol–water partition coefficient (Wildman–Crippen LogP) is 3.00. The van der Waals surface area contributed by atoms with E-state index in [0.717, 1.165) is 25.1 Å². The van der Waals surface area contributed by atoms with Crippen molar-refractivity contribution in [3.05, 3.63) is 59.4 Å². The van der Waals surface area contributed by atoms with Crippen molar-refractivity contribution in [2.24, 2.45) is 0 Å². The van der Waals surface area contributed by atoms with Crippen LogP contribution in [0.1, 0.15) is 42.3 Å². The molecule has 1 aliphatic carbocycles. The molecule has 2 atom stereocenters. The van der Waals surface area contributed by atoms with Crippen LogP contribution in [0.15, 0.2) is 36.7 Å². The zero-order valence-electron chi connectivity index (χ0n) is 11.5. The molecule has 1 aliphatic rings. The number of hydrogen-bond donors (Lipinski definition) is 1. The molecule has 0 saturated heterocycles. The summed E-state index contributed by atoms with van der Waals surface area (Å²) in [5.41, 5.74) is 2.86. The molecule has 2 aromatic heterocycles. The molecule has 2 heterocycles. The zero-order valence-corrected chi connectivity index (χ0v) is 11.5. The minimum atomic E-state index is -0.247. The molecule has 3 nitrogen and oxygen atoms in total. The van der Waals surface area contributed by atoms with E-state index in [-0.39, 0.29) is 17.8 Å². The first-order chi connectivity index (χ1) is 9.81. The molecule has 0 radical (unpaired) electrons. The SMILES string of the molecule is CCNC(c1ncccc1F)C1CCc2cccnc21. The van der Waals surface area contributed by atoms with Crippen LogP contribution in [0.4, 0.5) is 4.39 Å². The van der Waals surface area contributed by atoms with E-state index in [1.165, 1.54) is 11.6 Å². The van der Waals surface area contributed by atoms with Crippen molar-refractivity contribution in [3.63, 3.8) is 0 Å². The number of aryl methyl sites for hydroxylation is 1. The van der Waals surface area contributed by atoms with E-state index in [9.17, 15) is 4.39 Å². The molecule has 20 heavy (non-hydrogen) atoms. The third-order valence-electron chi connectivity index (χ3n) is 3.91. The van der Waals surface area contributed by atoms with Gasteiger partial charge in [0.1, 0.15) is 5.82 Å². The predicted molar refractivity (Wildman–Crippen MR) is 75.9 cm³/mol. The van der Waals surface area contributed by atoms with Crippen LogP contribution in [0.3, 0.4) is 0 Å². The number of fused-ring (bicyclic) bond motifs is 1. The van der Waals surface area contributed by atoms with Gasteiger partial charge in [-0.1, -0.05) is 13.0 Å². The second-order valence-electron chi connectivity index (χ2n) is 5.10. The number of halogens is 1. The van der Waals surface area contributed by atoms with Gasteiger partial charge >= 0.3 is 0 Å². The summed E-state index contributed by atoms with van der Waals surface area (Å²) >= 11 is 0. The fourth-order valence-corrected chi connectivity index (χ4v) is 3.04. The molecule has 4 heteroatoms. The van der Waals surface area contributed by atoms with Crippen molar-refractivity contribution in [3.8, 4) is 0 Å². The summed E-state index contributed by atoms with van der Waals surface area (Å²) in [5.74, 6) is -0.0571. The van der Waals surface area contributed by atoms with Gasteiger partial charge in [0.15, 0.2) is 0 Å². The Morgan fingerprint density at radius 2 is 2.10 bits per heavy atom.